The zero-order chi connectivity index (χ0) is 18.8. The molecule has 5 heteroatoms. The summed E-state index contributed by atoms with van der Waals surface area (Å²) >= 11 is 0. The van der Waals surface area contributed by atoms with E-state index < -0.39 is 4.92 Å². The molecule has 0 amide bonds. The van der Waals surface area contributed by atoms with Crippen LogP contribution in [0, 0.1) is 10.1 Å². The molecule has 0 unspecified atom stereocenters. The summed E-state index contributed by atoms with van der Waals surface area (Å²) in [7, 11) is 0. The molecule has 0 heterocycles. The lowest BCUT2D eigenvalue weighted by Crippen LogP contribution is -1.90. The van der Waals surface area contributed by atoms with Crippen molar-refractivity contribution >= 4 is 17.6 Å². The molecule has 0 saturated heterocycles. The SMILES string of the molecule is CCCCCCCCc1ccc(N=Cc2cc([N+](=O)[O-])ccc2O)cc1. The van der Waals surface area contributed by atoms with Crippen molar-refractivity contribution in [3.63, 3.8) is 0 Å². The summed E-state index contributed by atoms with van der Waals surface area (Å²) in [5.74, 6) is -0.0287. The Bertz CT molecular complexity index is 739. The number of phenols is 1. The first-order chi connectivity index (χ1) is 12.6. The average molecular weight is 354 g/mol. The highest BCUT2D eigenvalue weighted by Gasteiger charge is 2.08. The molecule has 1 N–H and O–H groups in total. The zero-order valence-corrected chi connectivity index (χ0v) is 15.2. The number of nitrogens with zero attached hydrogens (tertiary/aromatic N) is 2. The lowest BCUT2D eigenvalue weighted by molar-refractivity contribution is -0.384. The van der Waals surface area contributed by atoms with Gasteiger partial charge in [-0.3, -0.25) is 15.1 Å². The van der Waals surface area contributed by atoms with E-state index in [0.717, 1.165) is 12.1 Å². The number of aliphatic imine (C=N–C) groups is 1. The van der Waals surface area contributed by atoms with E-state index in [2.05, 4.69) is 24.0 Å². The van der Waals surface area contributed by atoms with E-state index in [1.165, 1.54) is 68.5 Å². The number of aryl methyl sites for hydroxylation is 1. The molecule has 0 bridgehead atoms. The van der Waals surface area contributed by atoms with Crippen LogP contribution in [0.25, 0.3) is 0 Å². The molecule has 138 valence electrons. The smallest absolute Gasteiger partial charge is 0.270 e. The molecular weight excluding hydrogens is 328 g/mol. The van der Waals surface area contributed by atoms with Gasteiger partial charge < -0.3 is 5.11 Å². The quantitative estimate of drug-likeness (QED) is 0.248. The van der Waals surface area contributed by atoms with Crippen molar-refractivity contribution < 1.29 is 10.0 Å². The van der Waals surface area contributed by atoms with Gasteiger partial charge in [-0.05, 0) is 36.6 Å². The van der Waals surface area contributed by atoms with Gasteiger partial charge in [0, 0.05) is 23.9 Å². The molecule has 26 heavy (non-hydrogen) atoms. The van der Waals surface area contributed by atoms with Crippen LogP contribution >= 0.6 is 0 Å². The molecule has 0 saturated carbocycles. The van der Waals surface area contributed by atoms with Crippen molar-refractivity contribution in [2.24, 2.45) is 4.99 Å². The molecule has 0 aliphatic rings. The molecule has 0 fully saturated rings. The van der Waals surface area contributed by atoms with Crippen molar-refractivity contribution in [2.45, 2.75) is 51.9 Å². The monoisotopic (exact) mass is 354 g/mol. The van der Waals surface area contributed by atoms with Crippen LogP contribution in [-0.2, 0) is 6.42 Å². The van der Waals surface area contributed by atoms with Crippen LogP contribution in [0.1, 0.15) is 56.6 Å². The third-order valence-electron chi connectivity index (χ3n) is 4.33. The van der Waals surface area contributed by atoms with Crippen LogP contribution < -0.4 is 0 Å². The van der Waals surface area contributed by atoms with Gasteiger partial charge in [-0.1, -0.05) is 51.2 Å². The van der Waals surface area contributed by atoms with Gasteiger partial charge in [-0.25, -0.2) is 0 Å². The molecule has 0 aliphatic carbocycles. The second kappa shape index (κ2) is 10.3. The normalized spacial score (nSPS) is 11.1. The lowest BCUT2D eigenvalue weighted by Gasteiger charge is -2.03. The van der Waals surface area contributed by atoms with Crippen LogP contribution in [-0.4, -0.2) is 16.2 Å². The summed E-state index contributed by atoms with van der Waals surface area (Å²) in [6.45, 7) is 2.23. The second-order valence-corrected chi connectivity index (χ2v) is 6.44. The third kappa shape index (κ3) is 6.31. The third-order valence-corrected chi connectivity index (χ3v) is 4.33. The number of unbranched alkanes of at least 4 members (excludes halogenated alkanes) is 5. The maximum absolute atomic E-state index is 10.8. The first kappa shape index (κ1) is 19.6. The molecule has 5 nitrogen and oxygen atoms in total. The zero-order valence-electron chi connectivity index (χ0n) is 15.2. The minimum Gasteiger partial charge on any atom is -0.507 e. The van der Waals surface area contributed by atoms with Crippen molar-refractivity contribution in [2.75, 3.05) is 0 Å². The maximum Gasteiger partial charge on any atom is 0.270 e. The Kier molecular flexibility index (Phi) is 7.80. The van der Waals surface area contributed by atoms with Gasteiger partial charge in [0.25, 0.3) is 5.69 Å². The number of hydrogen-bond donors (Lipinski definition) is 1. The number of non-ortho nitro benzene ring substituents is 1. The van der Waals surface area contributed by atoms with Gasteiger partial charge >= 0.3 is 0 Å². The Morgan fingerprint density at radius 1 is 1.04 bits per heavy atom. The number of nitro benzene ring substituents is 1. The number of aromatic hydroxyl groups is 1. The fraction of sp³-hybridized carbons (Fsp3) is 0.381. The minimum atomic E-state index is -0.492. The predicted molar refractivity (Wildman–Crippen MR) is 106 cm³/mol. The van der Waals surface area contributed by atoms with E-state index in [4.69, 9.17) is 0 Å². The van der Waals surface area contributed by atoms with Crippen LogP contribution in [0.4, 0.5) is 11.4 Å². The van der Waals surface area contributed by atoms with Gasteiger partial charge in [0.15, 0.2) is 0 Å². The number of phenolic OH excluding ortho intramolecular Hbond substituents is 1. The highest BCUT2D eigenvalue weighted by atomic mass is 16.6. The molecule has 0 radical (unpaired) electrons. The van der Waals surface area contributed by atoms with E-state index in [-0.39, 0.29) is 11.4 Å². The fourth-order valence-corrected chi connectivity index (χ4v) is 2.76. The van der Waals surface area contributed by atoms with Crippen molar-refractivity contribution in [1.29, 1.82) is 0 Å². The van der Waals surface area contributed by atoms with Gasteiger partial charge in [0.1, 0.15) is 5.75 Å². The molecule has 0 atom stereocenters. The lowest BCUT2D eigenvalue weighted by atomic mass is 10.0. The van der Waals surface area contributed by atoms with Crippen molar-refractivity contribution in [3.05, 3.63) is 63.7 Å². The molecule has 0 aromatic heterocycles. The molecule has 2 rings (SSSR count). The van der Waals surface area contributed by atoms with Crippen LogP contribution in [0.5, 0.6) is 5.75 Å². The molecule has 0 spiro atoms. The van der Waals surface area contributed by atoms with Crippen LogP contribution in [0.2, 0.25) is 0 Å². The predicted octanol–water partition coefficient (Wildman–Crippen LogP) is 5.95. The van der Waals surface area contributed by atoms with E-state index in [9.17, 15) is 15.2 Å². The Hall–Kier alpha value is -2.69. The maximum atomic E-state index is 10.8. The number of benzene rings is 2. The fourth-order valence-electron chi connectivity index (χ4n) is 2.76. The summed E-state index contributed by atoms with van der Waals surface area (Å²) in [6, 6.07) is 11.9. The van der Waals surface area contributed by atoms with Gasteiger partial charge in [-0.15, -0.1) is 0 Å². The summed E-state index contributed by atoms with van der Waals surface area (Å²) in [5.41, 5.74) is 2.30. The van der Waals surface area contributed by atoms with E-state index in [1.807, 2.05) is 12.1 Å². The first-order valence-electron chi connectivity index (χ1n) is 9.20. The summed E-state index contributed by atoms with van der Waals surface area (Å²) in [5, 5.41) is 20.6. The Morgan fingerprint density at radius 2 is 1.73 bits per heavy atom. The topological polar surface area (TPSA) is 75.7 Å². The summed E-state index contributed by atoms with van der Waals surface area (Å²) in [6.07, 6.45) is 10.2. The molecule has 2 aromatic carbocycles. The standard InChI is InChI=1S/C21H26N2O3/c1-2-3-4-5-6-7-8-17-9-11-19(12-10-17)22-16-18-15-20(23(25)26)13-14-21(18)24/h9-16,24H,2-8H2,1H3. The summed E-state index contributed by atoms with van der Waals surface area (Å²) in [4.78, 5) is 14.6. The number of nitro groups is 1. The first-order valence-corrected chi connectivity index (χ1v) is 9.20. The molecular formula is C21H26N2O3. The Balaban J connectivity index is 1.89. The van der Waals surface area contributed by atoms with Gasteiger partial charge in [0.2, 0.25) is 0 Å². The van der Waals surface area contributed by atoms with Crippen LogP contribution in [0.3, 0.4) is 0 Å². The van der Waals surface area contributed by atoms with Crippen molar-refractivity contribution in [1.82, 2.24) is 0 Å². The Labute approximate surface area is 154 Å². The summed E-state index contributed by atoms with van der Waals surface area (Å²) < 4.78 is 0. The number of hydrogen-bond acceptors (Lipinski definition) is 4. The van der Waals surface area contributed by atoms with Crippen molar-refractivity contribution in [3.8, 4) is 5.75 Å². The van der Waals surface area contributed by atoms with Crippen LogP contribution in [0.15, 0.2) is 47.5 Å². The highest BCUT2D eigenvalue weighted by Crippen LogP contribution is 2.22. The molecule has 2 aromatic rings. The second-order valence-electron chi connectivity index (χ2n) is 6.44. The Morgan fingerprint density at radius 3 is 2.42 bits per heavy atom. The highest BCUT2D eigenvalue weighted by molar-refractivity contribution is 5.86. The number of rotatable bonds is 10. The molecule has 0 aliphatic heterocycles. The largest absolute Gasteiger partial charge is 0.507 e. The minimum absolute atomic E-state index is 0.0287. The average Bonchev–Trinajstić information content (AvgIpc) is 2.64. The van der Waals surface area contributed by atoms with E-state index in [1.54, 1.807) is 0 Å². The van der Waals surface area contributed by atoms with E-state index in [0.29, 0.717) is 5.56 Å². The van der Waals surface area contributed by atoms with E-state index >= 15 is 0 Å². The van der Waals surface area contributed by atoms with Gasteiger partial charge in [-0.2, -0.15) is 0 Å². The van der Waals surface area contributed by atoms with Gasteiger partial charge in [0.05, 0.1) is 10.6 Å².